The summed E-state index contributed by atoms with van der Waals surface area (Å²) in [7, 11) is 0. The average molecular weight is 408 g/mol. The molecule has 0 radical (unpaired) electrons. The molecule has 0 fully saturated rings. The molecule has 140 valence electrons. The molecule has 0 spiro atoms. The third-order valence-electron chi connectivity index (χ3n) is 4.33. The molecule has 4 aromatic carbocycles. The van der Waals surface area contributed by atoms with Gasteiger partial charge in [0, 0.05) is 15.7 Å². The van der Waals surface area contributed by atoms with Gasteiger partial charge in [-0.2, -0.15) is 0 Å². The van der Waals surface area contributed by atoms with Crippen LogP contribution in [0.25, 0.3) is 21.5 Å². The van der Waals surface area contributed by atoms with Gasteiger partial charge >= 0.3 is 5.97 Å². The van der Waals surface area contributed by atoms with Gasteiger partial charge in [0.2, 0.25) is 0 Å². The maximum Gasteiger partial charge on any atom is 0.313 e. The van der Waals surface area contributed by atoms with Crippen molar-refractivity contribution in [3.05, 3.63) is 72.8 Å². The minimum absolute atomic E-state index is 0.108. The highest BCUT2D eigenvalue weighted by Crippen LogP contribution is 2.41. The fraction of sp³-hybridized carbons (Fsp3) is 0.0455. The van der Waals surface area contributed by atoms with Gasteiger partial charge in [0.25, 0.3) is 0 Å². The van der Waals surface area contributed by atoms with Crippen LogP contribution in [0.1, 0.15) is 0 Å². The van der Waals surface area contributed by atoms with E-state index in [9.17, 15) is 9.90 Å². The second-order valence-corrected chi connectivity index (χ2v) is 8.11. The number of hydrogen-bond donors (Lipinski definition) is 3. The summed E-state index contributed by atoms with van der Waals surface area (Å²) in [5.74, 6) is -0.913. The highest BCUT2D eigenvalue weighted by molar-refractivity contribution is 8.00. The van der Waals surface area contributed by atoms with Crippen LogP contribution < -0.4 is 4.72 Å². The van der Waals surface area contributed by atoms with E-state index in [0.29, 0.717) is 10.3 Å². The molecule has 0 atom stereocenters. The summed E-state index contributed by atoms with van der Waals surface area (Å²) < 4.78 is 3.37. The maximum atomic E-state index is 10.9. The van der Waals surface area contributed by atoms with Gasteiger partial charge in [-0.05, 0) is 40.9 Å². The van der Waals surface area contributed by atoms with E-state index in [2.05, 4.69) is 35.1 Å². The molecule has 0 bridgehead atoms. The maximum absolute atomic E-state index is 10.9. The number of thioether (sulfide) groups is 1. The largest absolute Gasteiger partial charge is 0.506 e. The summed E-state index contributed by atoms with van der Waals surface area (Å²) in [6.07, 6.45) is 0. The van der Waals surface area contributed by atoms with Crippen LogP contribution in [0.2, 0.25) is 0 Å². The molecule has 0 heterocycles. The Hall–Kier alpha value is -2.83. The lowest BCUT2D eigenvalue weighted by Crippen LogP contribution is -1.98. The monoisotopic (exact) mass is 407 g/mol. The van der Waals surface area contributed by atoms with Crippen LogP contribution in [0.15, 0.2) is 82.6 Å². The third kappa shape index (κ3) is 3.88. The van der Waals surface area contributed by atoms with Crippen molar-refractivity contribution in [3.63, 3.8) is 0 Å². The molecule has 3 N–H and O–H groups in total. The second-order valence-electron chi connectivity index (χ2n) is 6.21. The first-order valence-electron chi connectivity index (χ1n) is 8.63. The van der Waals surface area contributed by atoms with Crippen molar-refractivity contribution in [3.8, 4) is 5.75 Å². The van der Waals surface area contributed by atoms with E-state index >= 15 is 0 Å². The van der Waals surface area contributed by atoms with Crippen molar-refractivity contribution in [1.82, 2.24) is 0 Å². The quantitative estimate of drug-likeness (QED) is 0.207. The minimum atomic E-state index is -0.919. The second kappa shape index (κ2) is 8.04. The van der Waals surface area contributed by atoms with E-state index < -0.39 is 5.97 Å². The Kier molecular flexibility index (Phi) is 5.32. The lowest BCUT2D eigenvalue weighted by atomic mass is 10.1. The van der Waals surface area contributed by atoms with E-state index in [4.69, 9.17) is 5.11 Å². The summed E-state index contributed by atoms with van der Waals surface area (Å²) in [5.41, 5.74) is 0.833. The number of aromatic hydroxyl groups is 1. The van der Waals surface area contributed by atoms with Crippen LogP contribution in [0.5, 0.6) is 5.75 Å². The molecule has 0 saturated heterocycles. The molecule has 0 aliphatic heterocycles. The van der Waals surface area contributed by atoms with Crippen LogP contribution in [0.4, 0.5) is 5.69 Å². The van der Waals surface area contributed by atoms with Crippen molar-refractivity contribution < 1.29 is 15.0 Å². The van der Waals surface area contributed by atoms with Crippen molar-refractivity contribution in [2.24, 2.45) is 0 Å². The lowest BCUT2D eigenvalue weighted by Gasteiger charge is -2.14. The average Bonchev–Trinajstić information content (AvgIpc) is 2.72. The molecular formula is C22H17NO3S2. The number of aliphatic carboxylic acids is 1. The van der Waals surface area contributed by atoms with Crippen LogP contribution in [-0.4, -0.2) is 21.9 Å². The highest BCUT2D eigenvalue weighted by atomic mass is 32.2. The first-order chi connectivity index (χ1) is 13.6. The highest BCUT2D eigenvalue weighted by Gasteiger charge is 2.13. The zero-order chi connectivity index (χ0) is 19.5. The summed E-state index contributed by atoms with van der Waals surface area (Å²) in [6.45, 7) is 0. The molecule has 28 heavy (non-hydrogen) atoms. The van der Waals surface area contributed by atoms with Gasteiger partial charge < -0.3 is 14.9 Å². The molecule has 4 nitrogen and oxygen atoms in total. The van der Waals surface area contributed by atoms with Crippen molar-refractivity contribution >= 4 is 56.9 Å². The fourth-order valence-electron chi connectivity index (χ4n) is 3.01. The number of hydrogen-bond acceptors (Lipinski definition) is 5. The number of fused-ring (bicyclic) bond motifs is 2. The number of carbonyl (C=O) groups is 1. The smallest absolute Gasteiger partial charge is 0.313 e. The first kappa shape index (κ1) is 18.5. The molecule has 0 unspecified atom stereocenters. The van der Waals surface area contributed by atoms with E-state index in [1.54, 1.807) is 6.07 Å². The summed E-state index contributed by atoms with van der Waals surface area (Å²) in [6, 6.07) is 23.8. The molecule has 0 amide bonds. The summed E-state index contributed by atoms with van der Waals surface area (Å²) in [4.78, 5) is 12.5. The van der Waals surface area contributed by atoms with Gasteiger partial charge in [0.05, 0.1) is 16.3 Å². The number of carboxylic acids is 1. The van der Waals surface area contributed by atoms with E-state index in [1.807, 2.05) is 36.4 Å². The third-order valence-corrected chi connectivity index (χ3v) is 6.16. The van der Waals surface area contributed by atoms with E-state index in [0.717, 1.165) is 27.7 Å². The fourth-order valence-corrected chi connectivity index (χ4v) is 4.46. The number of phenols is 1. The molecule has 4 aromatic rings. The predicted octanol–water partition coefficient (Wildman–Crippen LogP) is 5.99. The predicted molar refractivity (Wildman–Crippen MR) is 117 cm³/mol. The Balaban J connectivity index is 1.66. The van der Waals surface area contributed by atoms with Crippen molar-refractivity contribution in [2.75, 3.05) is 10.5 Å². The van der Waals surface area contributed by atoms with Gasteiger partial charge in [0.15, 0.2) is 0 Å². The number of rotatable bonds is 6. The minimum Gasteiger partial charge on any atom is -0.506 e. The van der Waals surface area contributed by atoms with E-state index in [-0.39, 0.29) is 11.5 Å². The van der Waals surface area contributed by atoms with Gasteiger partial charge in [-0.25, -0.2) is 0 Å². The SMILES string of the molecule is O=C(O)CSc1cc(NSc2ccc3ccccc3c2)c2ccccc2c1O. The van der Waals surface area contributed by atoms with Crippen molar-refractivity contribution in [1.29, 1.82) is 0 Å². The first-order valence-corrected chi connectivity index (χ1v) is 10.4. The summed E-state index contributed by atoms with van der Waals surface area (Å²) >= 11 is 2.59. The number of carboxylic acid groups (broad SMARTS) is 1. The Bertz CT molecular complexity index is 1180. The van der Waals surface area contributed by atoms with Crippen LogP contribution >= 0.6 is 23.7 Å². The van der Waals surface area contributed by atoms with E-state index in [1.165, 1.54) is 22.7 Å². The topological polar surface area (TPSA) is 69.6 Å². The molecule has 6 heteroatoms. The Morgan fingerprint density at radius 1 is 0.893 bits per heavy atom. The zero-order valence-corrected chi connectivity index (χ0v) is 16.4. The zero-order valence-electron chi connectivity index (χ0n) is 14.8. The van der Waals surface area contributed by atoms with Gasteiger partial charge in [-0.15, -0.1) is 11.8 Å². The van der Waals surface area contributed by atoms with Crippen molar-refractivity contribution in [2.45, 2.75) is 9.79 Å². The Labute approximate surface area is 170 Å². The number of phenolic OH excluding ortho intramolecular Hbond substituents is 1. The lowest BCUT2D eigenvalue weighted by molar-refractivity contribution is -0.133. The standard InChI is InChI=1S/C22H17NO3S2/c24-21(25)13-27-20-12-19(17-7-3-4-8-18(17)22(20)26)23-28-16-10-9-14-5-1-2-6-15(14)11-16/h1-12,23,26H,13H2,(H,24,25). The number of benzene rings is 4. The number of anilines is 1. The normalized spacial score (nSPS) is 11.0. The molecule has 4 rings (SSSR count). The van der Waals surface area contributed by atoms with Gasteiger partial charge in [-0.3, -0.25) is 4.79 Å². The van der Waals surface area contributed by atoms with Crippen LogP contribution in [-0.2, 0) is 4.79 Å². The summed E-state index contributed by atoms with van der Waals surface area (Å²) in [5, 5.41) is 23.4. The van der Waals surface area contributed by atoms with Gasteiger partial charge in [-0.1, -0.05) is 54.6 Å². The molecule has 0 saturated carbocycles. The van der Waals surface area contributed by atoms with Gasteiger partial charge in [0.1, 0.15) is 5.75 Å². The Morgan fingerprint density at radius 2 is 1.61 bits per heavy atom. The van der Waals surface area contributed by atoms with Crippen LogP contribution in [0.3, 0.4) is 0 Å². The molecule has 0 aromatic heterocycles. The Morgan fingerprint density at radius 3 is 2.39 bits per heavy atom. The molecule has 0 aliphatic carbocycles. The molecular weight excluding hydrogens is 390 g/mol. The van der Waals surface area contributed by atoms with Crippen LogP contribution in [0, 0.1) is 0 Å². The molecule has 0 aliphatic rings. The number of nitrogens with one attached hydrogen (secondary N) is 1.